The molecule has 2 aliphatic heterocycles. The Morgan fingerprint density at radius 3 is 2.29 bits per heavy atom. The molecule has 2 heterocycles. The number of carbonyl (C=O) groups excluding carboxylic acids is 3. The van der Waals surface area contributed by atoms with Crippen LogP contribution in [0.25, 0.3) is 0 Å². The monoisotopic (exact) mass is 647 g/mol. The lowest BCUT2D eigenvalue weighted by molar-refractivity contribution is -0.347. The molecule has 0 aromatic carbocycles. The Kier molecular flexibility index (Phi) is 11.1. The molecule has 17 nitrogen and oxygen atoms in total. The molecule has 0 aromatic rings. The third kappa shape index (κ3) is 6.76. The molecule has 11 unspecified atom stereocenters. The second kappa shape index (κ2) is 13.8. The second-order valence-corrected chi connectivity index (χ2v) is 11.7. The summed E-state index contributed by atoms with van der Waals surface area (Å²) < 4.78 is 33.2. The van der Waals surface area contributed by atoms with Crippen LogP contribution in [0.5, 0.6) is 0 Å². The molecular weight excluding hydrogens is 606 g/mol. The van der Waals surface area contributed by atoms with Gasteiger partial charge in [0.25, 0.3) is 0 Å². The molecule has 1 aliphatic carbocycles. The van der Waals surface area contributed by atoms with Crippen LogP contribution in [0.3, 0.4) is 0 Å². The van der Waals surface area contributed by atoms with Gasteiger partial charge in [-0.1, -0.05) is 20.8 Å². The van der Waals surface area contributed by atoms with Gasteiger partial charge in [0.15, 0.2) is 17.7 Å². The van der Waals surface area contributed by atoms with E-state index in [2.05, 4.69) is 0 Å². The Morgan fingerprint density at radius 1 is 1.13 bits per heavy atom. The van der Waals surface area contributed by atoms with E-state index in [0.717, 1.165) is 6.92 Å². The molecule has 254 valence electrons. The number of Topliss-reactive ketones (excluding diaryl/α,β-unsaturated/α-hetero) is 1. The smallest absolute Gasteiger partial charge is 0.341 e. The number of esters is 2. The maximum Gasteiger partial charge on any atom is 0.341 e. The zero-order chi connectivity index (χ0) is 34.2. The van der Waals surface area contributed by atoms with Crippen molar-refractivity contribution in [2.24, 2.45) is 11.8 Å². The first-order valence-electron chi connectivity index (χ1n) is 14.2. The summed E-state index contributed by atoms with van der Waals surface area (Å²) in [4.78, 5) is 48.2. The van der Waals surface area contributed by atoms with Crippen LogP contribution in [0.15, 0.2) is 11.3 Å². The molecule has 3 rings (SSSR count). The van der Waals surface area contributed by atoms with E-state index in [4.69, 9.17) is 33.8 Å². The number of hydrogen-bond acceptors (Lipinski definition) is 16. The predicted molar refractivity (Wildman–Crippen MR) is 147 cm³/mol. The molecule has 0 radical (unpaired) electrons. The fourth-order valence-electron chi connectivity index (χ4n) is 5.74. The molecule has 0 saturated carbocycles. The van der Waals surface area contributed by atoms with Crippen molar-refractivity contribution < 1.29 is 78.2 Å². The van der Waals surface area contributed by atoms with Crippen molar-refractivity contribution in [3.05, 3.63) is 11.3 Å². The molecular formula is C28H41NO16. The molecule has 0 aromatic heterocycles. The first kappa shape index (κ1) is 36.4. The molecule has 2 fully saturated rings. The first-order chi connectivity index (χ1) is 20.8. The number of carboxylic acids is 1. The lowest BCUT2D eigenvalue weighted by Crippen LogP contribution is -2.70. The van der Waals surface area contributed by atoms with Crippen LogP contribution in [0.2, 0.25) is 0 Å². The number of hydrogen-bond donors (Lipinski definition) is 7. The number of methoxy groups -OCH3 is 1. The van der Waals surface area contributed by atoms with Crippen molar-refractivity contribution in [1.82, 2.24) is 0 Å². The lowest BCUT2D eigenvalue weighted by Gasteiger charge is -2.52. The minimum atomic E-state index is -2.94. The molecule has 45 heavy (non-hydrogen) atoms. The van der Waals surface area contributed by atoms with Crippen molar-refractivity contribution in [2.75, 3.05) is 20.3 Å². The maximum absolute atomic E-state index is 12.6. The first-order valence-corrected chi connectivity index (χ1v) is 14.2. The van der Waals surface area contributed by atoms with Gasteiger partial charge in [-0.3, -0.25) is 19.8 Å². The van der Waals surface area contributed by atoms with Crippen molar-refractivity contribution >= 4 is 29.4 Å². The zero-order valence-electron chi connectivity index (χ0n) is 25.7. The van der Waals surface area contributed by atoms with Crippen LogP contribution in [0.1, 0.15) is 41.0 Å². The van der Waals surface area contributed by atoms with Crippen molar-refractivity contribution in [2.45, 2.75) is 101 Å². The van der Waals surface area contributed by atoms with Gasteiger partial charge in [0.05, 0.1) is 18.9 Å². The summed E-state index contributed by atoms with van der Waals surface area (Å²) in [5.74, 6) is -7.49. The van der Waals surface area contributed by atoms with Crippen LogP contribution >= 0.6 is 0 Å². The SMILES string of the molecule is COC1COC(OC2C(O)C(COC(C)=O)OC(C3(O)CC(=O)C(=N)C(C(=O)O)=C3O)C2O)C(C)C1(O)C(C)OC(=O)C(C)C. The fraction of sp³-hybridized carbons (Fsp3) is 0.750. The number of aliphatic hydroxyl groups is 5. The van der Waals surface area contributed by atoms with E-state index >= 15 is 0 Å². The zero-order valence-corrected chi connectivity index (χ0v) is 25.7. The summed E-state index contributed by atoms with van der Waals surface area (Å²) in [6.07, 6.45) is -14.2. The number of carbonyl (C=O) groups is 4. The standard InChI is InChI=1S/C28H41NO16/c1-10(2)25(37)43-12(4)28(39)11(3)26(42-9-16(28)40-6)45-21-19(32)15(8-41-13(5)30)44-23(20(21)33)27(38)7-14(31)18(29)17(22(27)34)24(35)36/h10-12,15-16,19-21,23,26,29,32-34,38-39H,7-9H2,1-6H3,(H,35,36). The van der Waals surface area contributed by atoms with Gasteiger partial charge >= 0.3 is 17.9 Å². The number of aliphatic carboxylic acids is 1. The third-order valence-corrected chi connectivity index (χ3v) is 8.48. The number of ether oxygens (including phenoxy) is 6. The Hall–Kier alpha value is -3.03. The number of aliphatic hydroxyl groups excluding tert-OH is 3. The topological polar surface area (TPSA) is 269 Å². The number of carboxylic acid groups (broad SMARTS) is 1. The van der Waals surface area contributed by atoms with Crippen molar-refractivity contribution in [1.29, 1.82) is 5.41 Å². The van der Waals surface area contributed by atoms with Gasteiger partial charge in [-0.05, 0) is 6.92 Å². The number of rotatable bonds is 10. The van der Waals surface area contributed by atoms with Crippen LogP contribution in [0.4, 0.5) is 0 Å². The van der Waals surface area contributed by atoms with Crippen molar-refractivity contribution in [3.63, 3.8) is 0 Å². The van der Waals surface area contributed by atoms with E-state index < -0.39 is 126 Å². The summed E-state index contributed by atoms with van der Waals surface area (Å²) in [7, 11) is 1.30. The summed E-state index contributed by atoms with van der Waals surface area (Å²) in [6.45, 7) is 6.19. The van der Waals surface area contributed by atoms with Gasteiger partial charge < -0.3 is 59.1 Å². The highest BCUT2D eigenvalue weighted by Crippen LogP contribution is 2.42. The summed E-state index contributed by atoms with van der Waals surface area (Å²) in [5.41, 5.74) is -7.20. The normalized spacial score (nSPS) is 38.2. The highest BCUT2D eigenvalue weighted by Gasteiger charge is 2.61. The largest absolute Gasteiger partial charge is 0.508 e. The van der Waals surface area contributed by atoms with E-state index in [9.17, 15) is 49.8 Å². The summed E-state index contributed by atoms with van der Waals surface area (Å²) >= 11 is 0. The summed E-state index contributed by atoms with van der Waals surface area (Å²) in [6, 6.07) is 0. The number of ketones is 1. The third-order valence-electron chi connectivity index (χ3n) is 8.48. The molecule has 17 heteroatoms. The molecule has 0 amide bonds. The minimum Gasteiger partial charge on any atom is -0.508 e. The maximum atomic E-state index is 12.6. The van der Waals surface area contributed by atoms with Crippen LogP contribution in [-0.2, 0) is 47.6 Å². The molecule has 2 saturated heterocycles. The van der Waals surface area contributed by atoms with Gasteiger partial charge in [0.1, 0.15) is 72.0 Å². The highest BCUT2D eigenvalue weighted by atomic mass is 16.7. The Balaban J connectivity index is 2.02. The lowest BCUT2D eigenvalue weighted by atomic mass is 9.74. The van der Waals surface area contributed by atoms with Crippen molar-refractivity contribution in [3.8, 4) is 0 Å². The van der Waals surface area contributed by atoms with Gasteiger partial charge in [0.2, 0.25) is 0 Å². The second-order valence-electron chi connectivity index (χ2n) is 11.7. The van der Waals surface area contributed by atoms with E-state index in [1.165, 1.54) is 21.0 Å². The fourth-order valence-corrected chi connectivity index (χ4v) is 5.74. The van der Waals surface area contributed by atoms with E-state index in [1.807, 2.05) is 0 Å². The Morgan fingerprint density at radius 2 is 1.76 bits per heavy atom. The molecule has 0 spiro atoms. The van der Waals surface area contributed by atoms with Gasteiger partial charge in [-0.15, -0.1) is 0 Å². The van der Waals surface area contributed by atoms with Crippen LogP contribution < -0.4 is 0 Å². The average molecular weight is 648 g/mol. The van der Waals surface area contributed by atoms with E-state index in [-0.39, 0.29) is 6.61 Å². The quantitative estimate of drug-likeness (QED) is 0.131. The molecule has 7 N–H and O–H groups in total. The van der Waals surface area contributed by atoms with Gasteiger partial charge in [-0.25, -0.2) is 4.79 Å². The van der Waals surface area contributed by atoms with Crippen LogP contribution in [0, 0.1) is 17.2 Å². The van der Waals surface area contributed by atoms with Crippen LogP contribution in [-0.4, -0.2) is 141 Å². The summed E-state index contributed by atoms with van der Waals surface area (Å²) in [5, 5.41) is 74.0. The molecule has 0 bridgehead atoms. The molecule has 3 aliphatic rings. The number of nitrogens with one attached hydrogen (secondary N) is 1. The average Bonchev–Trinajstić information content (AvgIpc) is 2.95. The van der Waals surface area contributed by atoms with E-state index in [0.29, 0.717) is 0 Å². The Bertz CT molecular complexity index is 1220. The van der Waals surface area contributed by atoms with Gasteiger partial charge in [0, 0.05) is 20.0 Å². The minimum absolute atomic E-state index is 0.312. The Labute approximate surface area is 258 Å². The van der Waals surface area contributed by atoms with Gasteiger partial charge in [-0.2, -0.15) is 0 Å². The molecule has 11 atom stereocenters. The highest BCUT2D eigenvalue weighted by molar-refractivity contribution is 6.51. The predicted octanol–water partition coefficient (Wildman–Crippen LogP) is -1.63. The van der Waals surface area contributed by atoms with E-state index in [1.54, 1.807) is 13.8 Å².